The lowest BCUT2D eigenvalue weighted by molar-refractivity contribution is -0.130. The van der Waals surface area contributed by atoms with Crippen LogP contribution in [0.5, 0.6) is 5.88 Å². The molecular weight excluding hydrogens is 448 g/mol. The lowest BCUT2D eigenvalue weighted by Gasteiger charge is -2.37. The summed E-state index contributed by atoms with van der Waals surface area (Å²) in [6, 6.07) is 4.88. The van der Waals surface area contributed by atoms with Crippen molar-refractivity contribution < 1.29 is 24.2 Å². The summed E-state index contributed by atoms with van der Waals surface area (Å²) in [6.45, 7) is 4.51. The molecule has 35 heavy (non-hydrogen) atoms. The zero-order valence-corrected chi connectivity index (χ0v) is 20.6. The van der Waals surface area contributed by atoms with E-state index in [-0.39, 0.29) is 48.8 Å². The third-order valence-electron chi connectivity index (χ3n) is 5.95. The monoisotopic (exact) mass is 480 g/mol. The fourth-order valence-corrected chi connectivity index (χ4v) is 3.78. The summed E-state index contributed by atoms with van der Waals surface area (Å²) in [5.41, 5.74) is 1.72. The van der Waals surface area contributed by atoms with E-state index in [4.69, 9.17) is 9.47 Å². The largest absolute Gasteiger partial charge is 0.472 e. The van der Waals surface area contributed by atoms with Crippen molar-refractivity contribution in [2.75, 3.05) is 40.5 Å². The van der Waals surface area contributed by atoms with E-state index in [9.17, 15) is 14.7 Å². The molecule has 0 saturated heterocycles. The molecule has 1 aliphatic heterocycles. The van der Waals surface area contributed by atoms with Crippen LogP contribution in [0.4, 0.5) is 0 Å². The maximum atomic E-state index is 13.4. The predicted molar refractivity (Wildman–Crippen MR) is 130 cm³/mol. The Hall–Kier alpha value is -3.48. The zero-order chi connectivity index (χ0) is 25.4. The second-order valence-electron chi connectivity index (χ2n) is 8.74. The quantitative estimate of drug-likeness (QED) is 0.597. The third-order valence-corrected chi connectivity index (χ3v) is 5.95. The second kappa shape index (κ2) is 12.3. The van der Waals surface area contributed by atoms with Crippen LogP contribution in [-0.2, 0) is 16.0 Å². The molecule has 0 aromatic carbocycles. The molecule has 0 bridgehead atoms. The first-order valence-corrected chi connectivity index (χ1v) is 11.5. The van der Waals surface area contributed by atoms with Gasteiger partial charge in [-0.2, -0.15) is 0 Å². The first-order valence-electron chi connectivity index (χ1n) is 11.5. The molecule has 1 N–H and O–H groups in total. The molecule has 0 saturated carbocycles. The molecule has 186 valence electrons. The molecule has 0 aliphatic carbocycles. The van der Waals surface area contributed by atoms with Crippen molar-refractivity contribution in [1.82, 2.24) is 19.8 Å². The number of rotatable bonds is 7. The van der Waals surface area contributed by atoms with Crippen LogP contribution in [0.3, 0.4) is 0 Å². The van der Waals surface area contributed by atoms with Crippen LogP contribution in [0.25, 0.3) is 0 Å². The number of hydrogen-bond acceptors (Lipinski definition) is 7. The molecule has 3 rings (SSSR count). The van der Waals surface area contributed by atoms with Gasteiger partial charge < -0.3 is 24.4 Å². The number of aliphatic hydroxyl groups is 1. The highest BCUT2D eigenvalue weighted by atomic mass is 16.5. The molecule has 2 aromatic rings. The topological polar surface area (TPSA) is 105 Å². The summed E-state index contributed by atoms with van der Waals surface area (Å²) < 4.78 is 11.2. The standard InChI is InChI=1S/C26H32N4O5/c1-18-15-30(19(2)17-31)26(33)22-12-21(6-5-11-34-4)14-28-25(22)35-23(18)16-29(3)24(32)13-20-7-9-27-10-8-20/h7-10,12,14,18-19,23,31H,11,13,15-17H2,1-4H3/t18-,19-,23-/m0/s1. The van der Waals surface area contributed by atoms with Crippen molar-refractivity contribution in [3.8, 4) is 17.7 Å². The number of ether oxygens (including phenoxy) is 2. The minimum atomic E-state index is -0.417. The van der Waals surface area contributed by atoms with Gasteiger partial charge in [0, 0.05) is 50.8 Å². The number of pyridine rings is 2. The molecule has 3 atom stereocenters. The third kappa shape index (κ3) is 6.78. The van der Waals surface area contributed by atoms with Gasteiger partial charge in [0.25, 0.3) is 5.91 Å². The second-order valence-corrected chi connectivity index (χ2v) is 8.74. The number of aliphatic hydroxyl groups excluding tert-OH is 1. The smallest absolute Gasteiger partial charge is 0.259 e. The van der Waals surface area contributed by atoms with Crippen LogP contribution in [0.2, 0.25) is 0 Å². The number of carbonyl (C=O) groups is 2. The molecule has 0 fully saturated rings. The van der Waals surface area contributed by atoms with E-state index in [1.54, 1.807) is 55.5 Å². The minimum absolute atomic E-state index is 0.0531. The Morgan fingerprint density at radius 2 is 2.14 bits per heavy atom. The van der Waals surface area contributed by atoms with Crippen molar-refractivity contribution in [3.63, 3.8) is 0 Å². The number of hydrogen-bond donors (Lipinski definition) is 1. The highest BCUT2D eigenvalue weighted by molar-refractivity contribution is 5.97. The van der Waals surface area contributed by atoms with E-state index in [0.717, 1.165) is 5.56 Å². The van der Waals surface area contributed by atoms with E-state index in [2.05, 4.69) is 21.8 Å². The summed E-state index contributed by atoms with van der Waals surface area (Å²) in [5, 5.41) is 9.79. The normalized spacial score (nSPS) is 18.3. The number of amides is 2. The highest BCUT2D eigenvalue weighted by Crippen LogP contribution is 2.27. The van der Waals surface area contributed by atoms with Gasteiger partial charge in [0.1, 0.15) is 18.3 Å². The van der Waals surface area contributed by atoms with Crippen molar-refractivity contribution in [2.45, 2.75) is 32.4 Å². The molecule has 9 nitrogen and oxygen atoms in total. The van der Waals surface area contributed by atoms with Gasteiger partial charge in [0.2, 0.25) is 11.8 Å². The van der Waals surface area contributed by atoms with Gasteiger partial charge in [0.15, 0.2) is 0 Å². The molecule has 0 unspecified atom stereocenters. The Morgan fingerprint density at radius 1 is 1.40 bits per heavy atom. The zero-order valence-electron chi connectivity index (χ0n) is 20.6. The summed E-state index contributed by atoms with van der Waals surface area (Å²) in [4.78, 5) is 37.9. The van der Waals surface area contributed by atoms with Gasteiger partial charge >= 0.3 is 0 Å². The van der Waals surface area contributed by atoms with Crippen molar-refractivity contribution >= 4 is 11.8 Å². The Morgan fingerprint density at radius 3 is 2.83 bits per heavy atom. The fraction of sp³-hybridized carbons (Fsp3) is 0.462. The lowest BCUT2D eigenvalue weighted by Crippen LogP contribution is -2.50. The molecule has 0 radical (unpaired) electrons. The van der Waals surface area contributed by atoms with Crippen LogP contribution >= 0.6 is 0 Å². The summed E-state index contributed by atoms with van der Waals surface area (Å²) in [5.74, 6) is 5.51. The molecule has 9 heteroatoms. The van der Waals surface area contributed by atoms with Crippen LogP contribution in [0, 0.1) is 17.8 Å². The van der Waals surface area contributed by atoms with Gasteiger partial charge in [-0.3, -0.25) is 14.6 Å². The highest BCUT2D eigenvalue weighted by Gasteiger charge is 2.34. The minimum Gasteiger partial charge on any atom is -0.472 e. The number of likely N-dealkylation sites (N-methyl/N-ethyl adjacent to an activating group) is 1. The van der Waals surface area contributed by atoms with Gasteiger partial charge in [-0.25, -0.2) is 4.98 Å². The van der Waals surface area contributed by atoms with E-state index in [1.165, 1.54) is 0 Å². The Balaban J connectivity index is 1.87. The number of nitrogens with zero attached hydrogens (tertiary/aromatic N) is 4. The number of methoxy groups -OCH3 is 1. The SMILES string of the molecule is COCC#Cc1cnc2c(c1)C(=O)N([C@@H](C)CO)C[C@H](C)[C@H](CN(C)C(=O)Cc1ccncc1)O2. The van der Waals surface area contributed by atoms with Crippen LogP contribution in [0.1, 0.15) is 35.3 Å². The average molecular weight is 481 g/mol. The van der Waals surface area contributed by atoms with E-state index in [1.807, 2.05) is 19.1 Å². The van der Waals surface area contributed by atoms with Crippen LogP contribution in [0.15, 0.2) is 36.8 Å². The van der Waals surface area contributed by atoms with Crippen molar-refractivity contribution in [1.29, 1.82) is 0 Å². The molecule has 0 spiro atoms. The van der Waals surface area contributed by atoms with Gasteiger partial charge in [-0.15, -0.1) is 0 Å². The average Bonchev–Trinajstić information content (AvgIpc) is 2.86. The molecule has 2 amide bonds. The van der Waals surface area contributed by atoms with Gasteiger partial charge in [-0.1, -0.05) is 18.8 Å². The van der Waals surface area contributed by atoms with E-state index in [0.29, 0.717) is 18.7 Å². The maximum Gasteiger partial charge on any atom is 0.259 e. The van der Waals surface area contributed by atoms with E-state index < -0.39 is 12.1 Å². The number of fused-ring (bicyclic) bond motifs is 1. The fourth-order valence-electron chi connectivity index (χ4n) is 3.78. The number of aromatic nitrogens is 2. The molecule has 2 aromatic heterocycles. The summed E-state index contributed by atoms with van der Waals surface area (Å²) in [7, 11) is 3.29. The first-order chi connectivity index (χ1) is 16.8. The maximum absolute atomic E-state index is 13.4. The Labute approximate surface area is 206 Å². The first kappa shape index (κ1) is 26.1. The van der Waals surface area contributed by atoms with Crippen molar-refractivity contribution in [2.24, 2.45) is 5.92 Å². The number of carbonyl (C=O) groups excluding carboxylic acids is 2. The summed E-state index contributed by atoms with van der Waals surface area (Å²) in [6.07, 6.45) is 4.71. The molecule has 1 aliphatic rings. The molecule has 3 heterocycles. The van der Waals surface area contributed by atoms with Crippen molar-refractivity contribution in [3.05, 3.63) is 53.5 Å². The Bertz CT molecular complexity index is 1080. The predicted octanol–water partition coefficient (Wildman–Crippen LogP) is 1.40. The van der Waals surface area contributed by atoms with Gasteiger partial charge in [0.05, 0.1) is 25.6 Å². The van der Waals surface area contributed by atoms with E-state index >= 15 is 0 Å². The molecular formula is C26H32N4O5. The summed E-state index contributed by atoms with van der Waals surface area (Å²) >= 11 is 0. The van der Waals surface area contributed by atoms with Crippen LogP contribution < -0.4 is 4.74 Å². The van der Waals surface area contributed by atoms with Crippen LogP contribution in [-0.4, -0.2) is 89.3 Å². The lowest BCUT2D eigenvalue weighted by atomic mass is 9.99. The Kier molecular flexibility index (Phi) is 9.18. The van der Waals surface area contributed by atoms with Gasteiger partial charge in [-0.05, 0) is 30.7 Å².